The van der Waals surface area contributed by atoms with Crippen molar-refractivity contribution in [2.75, 3.05) is 21.3 Å². The first-order valence-electron chi connectivity index (χ1n) is 8.85. The second-order valence-electron chi connectivity index (χ2n) is 6.23. The maximum atomic E-state index is 13.9. The van der Waals surface area contributed by atoms with Gasteiger partial charge in [-0.3, -0.25) is 9.69 Å². The van der Waals surface area contributed by atoms with E-state index in [9.17, 15) is 9.18 Å². The Labute approximate surface area is 173 Å². The predicted molar refractivity (Wildman–Crippen MR) is 115 cm³/mol. The van der Waals surface area contributed by atoms with Crippen LogP contribution in [0.3, 0.4) is 0 Å². The Morgan fingerprint density at radius 1 is 1.24 bits per heavy atom. The summed E-state index contributed by atoms with van der Waals surface area (Å²) in [5.41, 5.74) is 1.88. The fraction of sp³-hybridized carbons (Fsp3) is 0.182. The van der Waals surface area contributed by atoms with E-state index >= 15 is 0 Å². The monoisotopic (exact) mass is 412 g/mol. The zero-order valence-electron chi connectivity index (χ0n) is 16.4. The molecule has 0 radical (unpaired) electrons. The summed E-state index contributed by atoms with van der Waals surface area (Å²) in [5.74, 6) is 0.569. The molecule has 29 heavy (non-hydrogen) atoms. The van der Waals surface area contributed by atoms with Crippen LogP contribution in [0.2, 0.25) is 0 Å². The van der Waals surface area contributed by atoms with Gasteiger partial charge in [-0.1, -0.05) is 18.2 Å². The highest BCUT2D eigenvalue weighted by Crippen LogP contribution is 2.37. The van der Waals surface area contributed by atoms with Crippen LogP contribution in [0.4, 0.5) is 10.1 Å². The molecule has 0 saturated carbocycles. The molecule has 0 unspecified atom stereocenters. The highest BCUT2D eigenvalue weighted by atomic mass is 32.2. The number of amides is 1. The molecule has 2 aromatic rings. The van der Waals surface area contributed by atoms with Gasteiger partial charge in [-0.2, -0.15) is 0 Å². The maximum absolute atomic E-state index is 13.9. The van der Waals surface area contributed by atoms with Gasteiger partial charge in [-0.05, 0) is 54.1 Å². The fourth-order valence-corrected chi connectivity index (χ4v) is 3.89. The second-order valence-corrected chi connectivity index (χ2v) is 7.24. The minimum Gasteiger partial charge on any atom is -0.493 e. The number of rotatable bonds is 6. The summed E-state index contributed by atoms with van der Waals surface area (Å²) in [6.45, 7) is 3.78. The number of likely N-dealkylation sites (N-methyl/N-ethyl adjacent to an activating group) is 1. The average molecular weight is 412 g/mol. The number of carbonyl (C=O) groups excluding carboxylic acids is 1. The number of methoxy groups -OCH3 is 2. The lowest BCUT2D eigenvalue weighted by Gasteiger charge is -2.13. The lowest BCUT2D eigenvalue weighted by molar-refractivity contribution is -0.121. The van der Waals surface area contributed by atoms with Crippen molar-refractivity contribution in [1.29, 1.82) is 0 Å². The minimum absolute atomic E-state index is 0.190. The molecule has 0 aliphatic carbocycles. The van der Waals surface area contributed by atoms with Crippen molar-refractivity contribution in [3.8, 4) is 11.5 Å². The van der Waals surface area contributed by atoms with Gasteiger partial charge in [0.15, 0.2) is 16.7 Å². The van der Waals surface area contributed by atoms with Gasteiger partial charge in [-0.25, -0.2) is 9.38 Å². The molecule has 1 fully saturated rings. The van der Waals surface area contributed by atoms with Gasteiger partial charge in [0.25, 0.3) is 5.91 Å². The first kappa shape index (κ1) is 20.7. The zero-order valence-corrected chi connectivity index (χ0v) is 17.3. The molecule has 1 heterocycles. The number of hydrogen-bond donors (Lipinski definition) is 0. The summed E-state index contributed by atoms with van der Waals surface area (Å²) in [7, 11) is 4.77. The van der Waals surface area contributed by atoms with Gasteiger partial charge in [0.1, 0.15) is 11.5 Å². The summed E-state index contributed by atoms with van der Waals surface area (Å²) < 4.78 is 24.8. The quantitative estimate of drug-likeness (QED) is 0.505. The van der Waals surface area contributed by atoms with Crippen LogP contribution in [0.5, 0.6) is 11.5 Å². The van der Waals surface area contributed by atoms with Crippen molar-refractivity contribution >= 4 is 34.6 Å². The summed E-state index contributed by atoms with van der Waals surface area (Å²) in [5, 5.41) is 0.415. The number of amidine groups is 1. The molecule has 0 bridgehead atoms. The molecule has 1 aliphatic rings. The van der Waals surface area contributed by atoms with E-state index in [2.05, 4.69) is 11.6 Å². The topological polar surface area (TPSA) is 51.1 Å². The molecular weight excluding hydrogens is 391 g/mol. The number of benzene rings is 2. The van der Waals surface area contributed by atoms with Crippen molar-refractivity contribution < 1.29 is 18.7 Å². The van der Waals surface area contributed by atoms with Crippen LogP contribution in [0.15, 0.2) is 59.0 Å². The van der Waals surface area contributed by atoms with E-state index in [0.29, 0.717) is 28.0 Å². The zero-order chi connectivity index (χ0) is 21.0. The van der Waals surface area contributed by atoms with Crippen LogP contribution in [0, 0.1) is 5.82 Å². The summed E-state index contributed by atoms with van der Waals surface area (Å²) in [6, 6.07) is 9.93. The van der Waals surface area contributed by atoms with E-state index in [1.165, 1.54) is 22.7 Å². The third kappa shape index (κ3) is 4.35. The molecular formula is C22H21FN2O3S. The standard InChI is InChI=1S/C22H21FN2O3S/c1-5-8-15-11-14(12-18(27-3)20(15)28-4)13-19-21(26)25(2)22(29-19)24-17-10-7-6-9-16(17)23/h5-7,9-13H,1,8H2,2-4H3/b19-13+,24-22?. The molecule has 0 atom stereocenters. The van der Waals surface area contributed by atoms with Crippen LogP contribution in [0.1, 0.15) is 11.1 Å². The number of nitrogens with zero attached hydrogens (tertiary/aromatic N) is 2. The molecule has 3 rings (SSSR count). The van der Waals surface area contributed by atoms with Gasteiger partial charge < -0.3 is 9.47 Å². The Morgan fingerprint density at radius 3 is 2.66 bits per heavy atom. The third-order valence-corrected chi connectivity index (χ3v) is 5.37. The third-order valence-electron chi connectivity index (χ3n) is 4.31. The Kier molecular flexibility index (Phi) is 6.39. The van der Waals surface area contributed by atoms with Gasteiger partial charge in [0.2, 0.25) is 0 Å². The molecule has 150 valence electrons. The average Bonchev–Trinajstić information content (AvgIpc) is 2.97. The molecule has 0 N–H and O–H groups in total. The van der Waals surface area contributed by atoms with Gasteiger partial charge >= 0.3 is 0 Å². The van der Waals surface area contributed by atoms with Crippen molar-refractivity contribution in [1.82, 2.24) is 4.90 Å². The molecule has 1 amide bonds. The van der Waals surface area contributed by atoms with Crippen LogP contribution in [-0.4, -0.2) is 37.2 Å². The summed E-state index contributed by atoms with van der Waals surface area (Å²) in [6.07, 6.45) is 4.14. The van der Waals surface area contributed by atoms with Gasteiger partial charge in [-0.15, -0.1) is 6.58 Å². The molecule has 1 saturated heterocycles. The second kappa shape index (κ2) is 8.96. The smallest absolute Gasteiger partial charge is 0.266 e. The van der Waals surface area contributed by atoms with E-state index in [-0.39, 0.29) is 11.6 Å². The SMILES string of the molecule is C=CCc1cc(/C=C2/SC(=Nc3ccccc3F)N(C)C2=O)cc(OC)c1OC. The number of aliphatic imine (C=N–C) groups is 1. The van der Waals surface area contributed by atoms with Gasteiger partial charge in [0.05, 0.1) is 19.1 Å². The number of hydrogen-bond acceptors (Lipinski definition) is 5. The molecule has 2 aromatic carbocycles. The largest absolute Gasteiger partial charge is 0.493 e. The molecule has 0 spiro atoms. The van der Waals surface area contributed by atoms with Crippen molar-refractivity contribution in [2.45, 2.75) is 6.42 Å². The Hall–Kier alpha value is -3.06. The minimum atomic E-state index is -0.437. The summed E-state index contributed by atoms with van der Waals surface area (Å²) >= 11 is 1.20. The van der Waals surface area contributed by atoms with E-state index < -0.39 is 5.82 Å². The van der Waals surface area contributed by atoms with Crippen LogP contribution < -0.4 is 9.47 Å². The van der Waals surface area contributed by atoms with E-state index in [0.717, 1.165) is 11.1 Å². The number of carbonyl (C=O) groups is 1. The Balaban J connectivity index is 1.98. The number of allylic oxidation sites excluding steroid dienone is 1. The number of ether oxygens (including phenoxy) is 2. The first-order valence-corrected chi connectivity index (χ1v) is 9.66. The number of thioether (sulfide) groups is 1. The Bertz CT molecular complexity index is 1020. The first-order chi connectivity index (χ1) is 14.0. The Morgan fingerprint density at radius 2 is 2.00 bits per heavy atom. The van der Waals surface area contributed by atoms with E-state index in [4.69, 9.17) is 9.47 Å². The fourth-order valence-electron chi connectivity index (χ4n) is 2.91. The molecule has 5 nitrogen and oxygen atoms in total. The van der Waals surface area contributed by atoms with Gasteiger partial charge in [0, 0.05) is 12.6 Å². The van der Waals surface area contributed by atoms with Crippen molar-refractivity contribution in [2.24, 2.45) is 4.99 Å². The molecule has 0 aromatic heterocycles. The van der Waals surface area contributed by atoms with Crippen LogP contribution in [0.25, 0.3) is 6.08 Å². The normalized spacial score (nSPS) is 16.6. The van der Waals surface area contributed by atoms with Crippen LogP contribution >= 0.6 is 11.8 Å². The van der Waals surface area contributed by atoms with E-state index in [1.54, 1.807) is 57.7 Å². The predicted octanol–water partition coefficient (Wildman–Crippen LogP) is 4.81. The highest BCUT2D eigenvalue weighted by Gasteiger charge is 2.30. The number of halogens is 1. The molecule has 1 aliphatic heterocycles. The van der Waals surface area contributed by atoms with E-state index in [1.807, 2.05) is 6.07 Å². The number of para-hydroxylation sites is 1. The summed E-state index contributed by atoms with van der Waals surface area (Å²) in [4.78, 5) is 18.9. The van der Waals surface area contributed by atoms with Crippen molar-refractivity contribution in [3.63, 3.8) is 0 Å². The molecule has 7 heteroatoms. The lowest BCUT2D eigenvalue weighted by atomic mass is 10.0. The lowest BCUT2D eigenvalue weighted by Crippen LogP contribution is -2.23. The highest BCUT2D eigenvalue weighted by molar-refractivity contribution is 8.18. The van der Waals surface area contributed by atoms with Crippen molar-refractivity contribution in [3.05, 3.63) is 70.9 Å². The maximum Gasteiger partial charge on any atom is 0.266 e. The van der Waals surface area contributed by atoms with Crippen LogP contribution in [-0.2, 0) is 11.2 Å².